The zero-order chi connectivity index (χ0) is 11.8. The van der Waals surface area contributed by atoms with Crippen molar-refractivity contribution < 1.29 is 4.79 Å². The number of ketones is 1. The summed E-state index contributed by atoms with van der Waals surface area (Å²) in [7, 11) is 0. The highest BCUT2D eigenvalue weighted by Gasteiger charge is 2.43. The number of carbonyl (C=O) groups is 1. The summed E-state index contributed by atoms with van der Waals surface area (Å²) in [5.74, 6) is 0.498. The quantitative estimate of drug-likeness (QED) is 0.732. The highest BCUT2D eigenvalue weighted by atomic mass is 16.1. The Morgan fingerprint density at radius 3 is 2.31 bits per heavy atom. The highest BCUT2D eigenvalue weighted by Crippen LogP contribution is 2.39. The van der Waals surface area contributed by atoms with E-state index in [2.05, 4.69) is 25.7 Å². The molecular weight excluding hydrogens is 198 g/mol. The van der Waals surface area contributed by atoms with Gasteiger partial charge in [-0.2, -0.15) is 0 Å². The summed E-state index contributed by atoms with van der Waals surface area (Å²) in [6.45, 7) is 6.97. The average Bonchev–Trinajstić information content (AvgIpc) is 2.15. The first kappa shape index (κ1) is 12.1. The van der Waals surface area contributed by atoms with Crippen LogP contribution in [0.4, 0.5) is 0 Å². The van der Waals surface area contributed by atoms with Gasteiger partial charge in [-0.25, -0.2) is 0 Å². The predicted molar refractivity (Wildman–Crippen MR) is 66.5 cm³/mol. The largest absolute Gasteiger partial charge is 0.300 e. The minimum atomic E-state index is 0.283. The van der Waals surface area contributed by atoms with Crippen LogP contribution >= 0.6 is 0 Å². The molecule has 0 aromatic carbocycles. The van der Waals surface area contributed by atoms with Gasteiger partial charge in [0.25, 0.3) is 0 Å². The van der Waals surface area contributed by atoms with Gasteiger partial charge < -0.3 is 0 Å². The van der Waals surface area contributed by atoms with Crippen molar-refractivity contribution in [1.82, 2.24) is 4.90 Å². The summed E-state index contributed by atoms with van der Waals surface area (Å²) >= 11 is 0. The fourth-order valence-electron chi connectivity index (χ4n) is 3.90. The fourth-order valence-corrected chi connectivity index (χ4v) is 3.90. The van der Waals surface area contributed by atoms with Crippen LogP contribution in [0.15, 0.2) is 0 Å². The van der Waals surface area contributed by atoms with Crippen LogP contribution in [0.2, 0.25) is 0 Å². The second kappa shape index (κ2) is 4.48. The number of piperidine rings is 2. The molecule has 2 fully saturated rings. The van der Waals surface area contributed by atoms with E-state index in [-0.39, 0.29) is 5.54 Å². The van der Waals surface area contributed by atoms with E-state index in [4.69, 9.17) is 0 Å². The van der Waals surface area contributed by atoms with Crippen molar-refractivity contribution in [2.45, 2.75) is 83.3 Å². The van der Waals surface area contributed by atoms with Crippen molar-refractivity contribution >= 4 is 5.78 Å². The Morgan fingerprint density at radius 2 is 1.81 bits per heavy atom. The number of carbonyl (C=O) groups excluding carboxylic acids is 1. The molecule has 0 aromatic heterocycles. The first-order valence-corrected chi connectivity index (χ1v) is 6.84. The van der Waals surface area contributed by atoms with Gasteiger partial charge >= 0.3 is 0 Å². The van der Waals surface area contributed by atoms with Crippen LogP contribution in [-0.2, 0) is 4.79 Å². The fraction of sp³-hybridized carbons (Fsp3) is 0.929. The molecule has 2 saturated heterocycles. The predicted octanol–water partition coefficient (Wildman–Crippen LogP) is 3.15. The maximum atomic E-state index is 11.7. The zero-order valence-corrected chi connectivity index (χ0v) is 11.0. The molecule has 2 atom stereocenters. The van der Waals surface area contributed by atoms with Gasteiger partial charge in [-0.3, -0.25) is 9.69 Å². The Kier molecular flexibility index (Phi) is 3.39. The maximum absolute atomic E-state index is 11.7. The lowest BCUT2D eigenvalue weighted by Crippen LogP contribution is -2.60. The minimum Gasteiger partial charge on any atom is -0.300 e. The second-order valence-corrected chi connectivity index (χ2v) is 6.16. The molecule has 0 amide bonds. The highest BCUT2D eigenvalue weighted by molar-refractivity contribution is 5.80. The summed E-state index contributed by atoms with van der Waals surface area (Å²) in [6.07, 6.45) is 7.88. The van der Waals surface area contributed by atoms with Crippen molar-refractivity contribution in [3.63, 3.8) is 0 Å². The minimum absolute atomic E-state index is 0.283. The molecule has 2 aliphatic heterocycles. The van der Waals surface area contributed by atoms with Crippen molar-refractivity contribution in [2.24, 2.45) is 0 Å². The number of fused-ring (bicyclic) bond motifs is 2. The lowest BCUT2D eigenvalue weighted by atomic mass is 9.79. The molecule has 16 heavy (non-hydrogen) atoms. The molecule has 0 aliphatic carbocycles. The Morgan fingerprint density at radius 1 is 1.25 bits per heavy atom. The van der Waals surface area contributed by atoms with Crippen molar-refractivity contribution in [3.05, 3.63) is 0 Å². The van der Waals surface area contributed by atoms with Crippen molar-refractivity contribution in [3.8, 4) is 0 Å². The second-order valence-electron chi connectivity index (χ2n) is 6.16. The van der Waals surface area contributed by atoms with E-state index in [9.17, 15) is 4.79 Å². The Labute approximate surface area is 99.4 Å². The molecule has 0 spiro atoms. The molecule has 2 bridgehead atoms. The molecule has 0 saturated carbocycles. The number of hydrogen-bond donors (Lipinski definition) is 0. The summed E-state index contributed by atoms with van der Waals surface area (Å²) in [5.41, 5.74) is 0.283. The van der Waals surface area contributed by atoms with Crippen LogP contribution in [0.25, 0.3) is 0 Å². The summed E-state index contributed by atoms with van der Waals surface area (Å²) in [4.78, 5) is 14.4. The SMILES string of the molecule is CCCC(C)(C)N1C2CCCC1CC(=O)C2. The molecule has 0 N–H and O–H groups in total. The third-order valence-electron chi connectivity index (χ3n) is 4.35. The first-order valence-electron chi connectivity index (χ1n) is 6.84. The smallest absolute Gasteiger partial charge is 0.136 e. The third kappa shape index (κ3) is 2.17. The van der Waals surface area contributed by atoms with Crippen LogP contribution in [0.1, 0.15) is 65.7 Å². The van der Waals surface area contributed by atoms with Gasteiger partial charge in [0.2, 0.25) is 0 Å². The van der Waals surface area contributed by atoms with E-state index in [1.807, 2.05) is 0 Å². The van der Waals surface area contributed by atoms with Gasteiger partial charge in [-0.1, -0.05) is 19.8 Å². The number of hydrogen-bond acceptors (Lipinski definition) is 2. The van der Waals surface area contributed by atoms with Crippen LogP contribution in [0.5, 0.6) is 0 Å². The third-order valence-corrected chi connectivity index (χ3v) is 4.35. The van der Waals surface area contributed by atoms with Crippen LogP contribution in [-0.4, -0.2) is 28.3 Å². The monoisotopic (exact) mass is 223 g/mol. The molecule has 2 rings (SSSR count). The molecule has 0 radical (unpaired) electrons. The van der Waals surface area contributed by atoms with Crippen molar-refractivity contribution in [1.29, 1.82) is 0 Å². The van der Waals surface area contributed by atoms with Crippen LogP contribution in [0.3, 0.4) is 0 Å². The lowest BCUT2D eigenvalue weighted by Gasteiger charge is -2.53. The van der Waals surface area contributed by atoms with E-state index in [0.717, 1.165) is 12.8 Å². The summed E-state index contributed by atoms with van der Waals surface area (Å²) < 4.78 is 0. The van der Waals surface area contributed by atoms with E-state index in [0.29, 0.717) is 17.9 Å². The van der Waals surface area contributed by atoms with E-state index < -0.39 is 0 Å². The molecule has 92 valence electrons. The van der Waals surface area contributed by atoms with Gasteiger partial charge in [-0.15, -0.1) is 0 Å². The Bertz CT molecular complexity index is 256. The Hall–Kier alpha value is -0.370. The van der Waals surface area contributed by atoms with Gasteiger partial charge in [0.1, 0.15) is 5.78 Å². The normalized spacial score (nSPS) is 31.8. The molecule has 2 aliphatic rings. The average molecular weight is 223 g/mol. The number of nitrogens with zero attached hydrogens (tertiary/aromatic N) is 1. The van der Waals surface area contributed by atoms with Crippen LogP contribution < -0.4 is 0 Å². The molecular formula is C14H25NO. The van der Waals surface area contributed by atoms with Gasteiger partial charge in [0.15, 0.2) is 0 Å². The topological polar surface area (TPSA) is 20.3 Å². The first-order chi connectivity index (χ1) is 7.54. The Balaban J connectivity index is 2.17. The molecule has 2 unspecified atom stereocenters. The van der Waals surface area contributed by atoms with Gasteiger partial charge in [-0.05, 0) is 33.1 Å². The molecule has 2 heterocycles. The summed E-state index contributed by atoms with van der Waals surface area (Å²) in [6, 6.07) is 1.09. The number of rotatable bonds is 3. The molecule has 0 aromatic rings. The van der Waals surface area contributed by atoms with Crippen molar-refractivity contribution in [2.75, 3.05) is 0 Å². The molecule has 2 heteroatoms. The van der Waals surface area contributed by atoms with E-state index in [1.165, 1.54) is 32.1 Å². The summed E-state index contributed by atoms with van der Waals surface area (Å²) in [5, 5.41) is 0. The lowest BCUT2D eigenvalue weighted by molar-refractivity contribution is -0.131. The number of Topliss-reactive ketones (excluding diaryl/α,β-unsaturated/α-hetero) is 1. The van der Waals surface area contributed by atoms with Crippen LogP contribution in [0, 0.1) is 0 Å². The van der Waals surface area contributed by atoms with E-state index in [1.54, 1.807) is 0 Å². The van der Waals surface area contributed by atoms with E-state index >= 15 is 0 Å². The van der Waals surface area contributed by atoms with Gasteiger partial charge in [0, 0.05) is 30.5 Å². The molecule has 2 nitrogen and oxygen atoms in total. The van der Waals surface area contributed by atoms with Gasteiger partial charge in [0.05, 0.1) is 0 Å². The zero-order valence-electron chi connectivity index (χ0n) is 11.0. The standard InChI is InChI=1S/C14H25NO/c1-4-8-14(2,3)15-11-6-5-7-12(15)10-13(16)9-11/h11-12H,4-10H2,1-3H3. The maximum Gasteiger partial charge on any atom is 0.136 e.